The number of piperidine rings is 1. The Kier molecular flexibility index (Phi) is 8.30. The second-order valence-electron chi connectivity index (χ2n) is 5.74. The van der Waals surface area contributed by atoms with Gasteiger partial charge in [0, 0.05) is 19.2 Å². The maximum Gasteiger partial charge on any atom is 0.321 e. The monoisotopic (exact) mass is 299 g/mol. The van der Waals surface area contributed by atoms with Crippen LogP contribution in [0.25, 0.3) is 0 Å². The number of hydrogen-bond donors (Lipinski definition) is 2. The normalized spacial score (nSPS) is 19.5. The number of nitrogens with one attached hydrogen (secondary N) is 2. The highest BCUT2D eigenvalue weighted by molar-refractivity contribution is 5.95. The first-order valence-corrected chi connectivity index (χ1v) is 7.96. The zero-order valence-electron chi connectivity index (χ0n) is 13.5. The molecule has 0 saturated carbocycles. The summed E-state index contributed by atoms with van der Waals surface area (Å²) in [4.78, 5) is 25.4. The fourth-order valence-electron chi connectivity index (χ4n) is 2.59. The molecule has 3 amide bonds. The van der Waals surface area contributed by atoms with Gasteiger partial charge >= 0.3 is 6.03 Å². The molecule has 1 rings (SSSR count). The van der Waals surface area contributed by atoms with Gasteiger partial charge < -0.3 is 10.1 Å². The number of carbonyl (C=O) groups is 2. The van der Waals surface area contributed by atoms with E-state index in [4.69, 9.17) is 4.74 Å². The summed E-state index contributed by atoms with van der Waals surface area (Å²) in [6, 6.07) is -0.0447. The van der Waals surface area contributed by atoms with E-state index in [0.29, 0.717) is 12.6 Å². The van der Waals surface area contributed by atoms with E-state index in [9.17, 15) is 9.59 Å². The SMILES string of the molecule is CCNC(=O)NC(=O)CN1CCCCC1CCOC(C)C. The molecule has 1 fully saturated rings. The fourth-order valence-corrected chi connectivity index (χ4v) is 2.59. The molecule has 0 aromatic carbocycles. The molecule has 0 radical (unpaired) electrons. The molecule has 0 spiro atoms. The van der Waals surface area contributed by atoms with Gasteiger partial charge in [0.05, 0.1) is 12.6 Å². The Bertz CT molecular complexity index is 334. The molecule has 6 nitrogen and oxygen atoms in total. The van der Waals surface area contributed by atoms with Crippen LogP contribution in [0, 0.1) is 0 Å². The highest BCUT2D eigenvalue weighted by Gasteiger charge is 2.24. The van der Waals surface area contributed by atoms with Gasteiger partial charge in [0.2, 0.25) is 5.91 Å². The molecule has 2 N–H and O–H groups in total. The molecule has 1 aliphatic rings. The smallest absolute Gasteiger partial charge is 0.321 e. The summed E-state index contributed by atoms with van der Waals surface area (Å²) in [7, 11) is 0. The van der Waals surface area contributed by atoms with Crippen molar-refractivity contribution in [2.45, 2.75) is 58.6 Å². The van der Waals surface area contributed by atoms with Crippen molar-refractivity contribution in [3.8, 4) is 0 Å². The van der Waals surface area contributed by atoms with Crippen molar-refractivity contribution < 1.29 is 14.3 Å². The van der Waals surface area contributed by atoms with Crippen LogP contribution >= 0.6 is 0 Å². The third-order valence-electron chi connectivity index (χ3n) is 3.59. The largest absolute Gasteiger partial charge is 0.379 e. The summed E-state index contributed by atoms with van der Waals surface area (Å²) in [5, 5.41) is 4.92. The molecule has 1 saturated heterocycles. The molecule has 1 atom stereocenters. The minimum absolute atomic E-state index is 0.238. The Morgan fingerprint density at radius 3 is 2.76 bits per heavy atom. The number of ether oxygens (including phenoxy) is 1. The van der Waals surface area contributed by atoms with Gasteiger partial charge in [-0.2, -0.15) is 0 Å². The van der Waals surface area contributed by atoms with Gasteiger partial charge in [0.15, 0.2) is 0 Å². The molecule has 6 heteroatoms. The molecular formula is C15H29N3O3. The Morgan fingerprint density at radius 2 is 2.10 bits per heavy atom. The van der Waals surface area contributed by atoms with Crippen molar-refractivity contribution >= 4 is 11.9 Å². The predicted octanol–water partition coefficient (Wildman–Crippen LogP) is 1.50. The minimum Gasteiger partial charge on any atom is -0.379 e. The van der Waals surface area contributed by atoms with E-state index in [1.807, 2.05) is 20.8 Å². The van der Waals surface area contributed by atoms with Crippen molar-refractivity contribution in [3.05, 3.63) is 0 Å². The summed E-state index contributed by atoms with van der Waals surface area (Å²) >= 11 is 0. The van der Waals surface area contributed by atoms with Gasteiger partial charge in [-0.25, -0.2) is 4.79 Å². The van der Waals surface area contributed by atoms with Crippen molar-refractivity contribution in [2.75, 3.05) is 26.2 Å². The molecular weight excluding hydrogens is 270 g/mol. The Morgan fingerprint density at radius 1 is 1.33 bits per heavy atom. The Hall–Kier alpha value is -1.14. The first kappa shape index (κ1) is 17.9. The van der Waals surface area contributed by atoms with Crippen LogP contribution in [0.4, 0.5) is 4.79 Å². The van der Waals surface area contributed by atoms with Gasteiger partial charge in [-0.05, 0) is 46.6 Å². The summed E-state index contributed by atoms with van der Waals surface area (Å²) in [6.07, 6.45) is 4.57. The van der Waals surface area contributed by atoms with Crippen LogP contribution in [-0.2, 0) is 9.53 Å². The number of amides is 3. The molecule has 1 unspecified atom stereocenters. The maximum atomic E-state index is 11.9. The number of urea groups is 1. The topological polar surface area (TPSA) is 70.7 Å². The van der Waals surface area contributed by atoms with Crippen LogP contribution in [0.15, 0.2) is 0 Å². The van der Waals surface area contributed by atoms with Crippen LogP contribution in [0.5, 0.6) is 0 Å². The van der Waals surface area contributed by atoms with E-state index >= 15 is 0 Å². The van der Waals surface area contributed by atoms with Crippen LogP contribution in [0.2, 0.25) is 0 Å². The predicted molar refractivity (Wildman–Crippen MR) is 82.1 cm³/mol. The lowest BCUT2D eigenvalue weighted by Crippen LogP contribution is -2.48. The van der Waals surface area contributed by atoms with Gasteiger partial charge in [-0.15, -0.1) is 0 Å². The van der Waals surface area contributed by atoms with Gasteiger partial charge in [-0.1, -0.05) is 6.42 Å². The van der Waals surface area contributed by atoms with E-state index < -0.39 is 6.03 Å². The molecule has 0 bridgehead atoms. The van der Waals surface area contributed by atoms with Crippen molar-refractivity contribution in [2.24, 2.45) is 0 Å². The summed E-state index contributed by atoms with van der Waals surface area (Å²) in [5.74, 6) is -0.238. The van der Waals surface area contributed by atoms with Crippen molar-refractivity contribution in [1.29, 1.82) is 0 Å². The van der Waals surface area contributed by atoms with E-state index in [2.05, 4.69) is 15.5 Å². The molecule has 1 aliphatic heterocycles. The molecule has 0 aromatic heterocycles. The van der Waals surface area contributed by atoms with Gasteiger partial charge in [0.1, 0.15) is 0 Å². The molecule has 122 valence electrons. The van der Waals surface area contributed by atoms with Gasteiger partial charge in [-0.3, -0.25) is 15.0 Å². The second-order valence-corrected chi connectivity index (χ2v) is 5.74. The standard InChI is InChI=1S/C15H29N3O3/c1-4-16-15(20)17-14(19)11-18-9-6-5-7-13(18)8-10-21-12(2)3/h12-13H,4-11H2,1-3H3,(H2,16,17,19,20). The van der Waals surface area contributed by atoms with Crippen molar-refractivity contribution in [1.82, 2.24) is 15.5 Å². The Balaban J connectivity index is 2.38. The third-order valence-corrected chi connectivity index (χ3v) is 3.59. The van der Waals surface area contributed by atoms with Gasteiger partial charge in [0.25, 0.3) is 0 Å². The highest BCUT2D eigenvalue weighted by atomic mass is 16.5. The summed E-state index contributed by atoms with van der Waals surface area (Å²) in [5.41, 5.74) is 0. The number of hydrogen-bond acceptors (Lipinski definition) is 4. The molecule has 21 heavy (non-hydrogen) atoms. The third kappa shape index (κ3) is 7.43. The van der Waals surface area contributed by atoms with Crippen LogP contribution in [-0.4, -0.2) is 55.2 Å². The minimum atomic E-state index is -0.417. The average Bonchev–Trinajstić information content (AvgIpc) is 2.40. The number of likely N-dealkylation sites (tertiary alicyclic amines) is 1. The number of carbonyl (C=O) groups excluding carboxylic acids is 2. The first-order valence-electron chi connectivity index (χ1n) is 7.96. The zero-order valence-corrected chi connectivity index (χ0v) is 13.5. The Labute approximate surface area is 127 Å². The fraction of sp³-hybridized carbons (Fsp3) is 0.867. The molecule has 0 aromatic rings. The zero-order chi connectivity index (χ0) is 15.7. The first-order chi connectivity index (χ1) is 10.0. The quantitative estimate of drug-likeness (QED) is 0.747. The number of rotatable bonds is 7. The van der Waals surface area contributed by atoms with E-state index in [0.717, 1.165) is 32.4 Å². The van der Waals surface area contributed by atoms with Crippen LogP contribution in [0.1, 0.15) is 46.5 Å². The maximum absolute atomic E-state index is 11.9. The lowest BCUT2D eigenvalue weighted by atomic mass is 9.99. The van der Waals surface area contributed by atoms with Crippen molar-refractivity contribution in [3.63, 3.8) is 0 Å². The number of imide groups is 1. The second kappa shape index (κ2) is 9.73. The van der Waals surface area contributed by atoms with Crippen LogP contribution in [0.3, 0.4) is 0 Å². The molecule has 1 heterocycles. The lowest BCUT2D eigenvalue weighted by Gasteiger charge is -2.35. The highest BCUT2D eigenvalue weighted by Crippen LogP contribution is 2.19. The van der Waals surface area contributed by atoms with E-state index in [1.54, 1.807) is 0 Å². The lowest BCUT2D eigenvalue weighted by molar-refractivity contribution is -0.122. The van der Waals surface area contributed by atoms with Crippen LogP contribution < -0.4 is 10.6 Å². The summed E-state index contributed by atoms with van der Waals surface area (Å²) < 4.78 is 5.60. The van der Waals surface area contributed by atoms with E-state index in [1.165, 1.54) is 6.42 Å². The number of nitrogens with zero attached hydrogens (tertiary/aromatic N) is 1. The summed E-state index contributed by atoms with van der Waals surface area (Å²) in [6.45, 7) is 8.30. The van der Waals surface area contributed by atoms with E-state index in [-0.39, 0.29) is 18.6 Å². The molecule has 0 aliphatic carbocycles. The average molecular weight is 299 g/mol.